The van der Waals surface area contributed by atoms with Gasteiger partial charge in [-0.25, -0.2) is 0 Å². The van der Waals surface area contributed by atoms with E-state index in [0.717, 1.165) is 19.2 Å². The minimum atomic E-state index is -1.95. The number of hydrogen-bond donors (Lipinski definition) is 0. The van der Waals surface area contributed by atoms with Gasteiger partial charge >= 0.3 is 18.9 Å². The van der Waals surface area contributed by atoms with Crippen molar-refractivity contribution in [3.05, 3.63) is 12.1 Å². The zero-order chi connectivity index (χ0) is 24.3. The van der Waals surface area contributed by atoms with Crippen molar-refractivity contribution >= 4 is 23.2 Å². The van der Waals surface area contributed by atoms with E-state index in [1.54, 1.807) is 0 Å². The molecule has 3 atom stereocenters. The smallest absolute Gasteiger partial charge is 0.561 e. The molecule has 32 heavy (non-hydrogen) atoms. The van der Waals surface area contributed by atoms with Crippen LogP contribution in [0.15, 0.2) is 12.1 Å². The van der Waals surface area contributed by atoms with E-state index in [1.807, 2.05) is 0 Å². The van der Waals surface area contributed by atoms with Crippen LogP contribution in [0.3, 0.4) is 0 Å². The van der Waals surface area contributed by atoms with Gasteiger partial charge in [-0.15, -0.1) is 6.32 Å². The summed E-state index contributed by atoms with van der Waals surface area (Å²) in [6.07, 6.45) is 5.48. The molecule has 0 amide bonds. The van der Waals surface area contributed by atoms with Crippen molar-refractivity contribution < 1.29 is 37.0 Å². The fraction of sp³-hybridized carbons (Fsp3) is 0.917. The average Bonchev–Trinajstić information content (AvgIpc) is 2.88. The van der Waals surface area contributed by atoms with Crippen LogP contribution in [0.5, 0.6) is 0 Å². The molecule has 0 bridgehead atoms. The van der Waals surface area contributed by atoms with Gasteiger partial charge in [-0.1, -0.05) is 67.4 Å². The predicted octanol–water partition coefficient (Wildman–Crippen LogP) is 4.56. The van der Waals surface area contributed by atoms with E-state index < -0.39 is 23.2 Å². The average molecular weight is 479 g/mol. The first-order valence-electron chi connectivity index (χ1n) is 12.4. The third-order valence-corrected chi connectivity index (χ3v) is 16.8. The fourth-order valence-electron chi connectivity index (χ4n) is 3.28. The molecule has 0 aromatic carbocycles. The minimum Gasteiger partial charge on any atom is -0.561 e. The summed E-state index contributed by atoms with van der Waals surface area (Å²) < 4.78 is 26.2. The second-order valence-corrected chi connectivity index (χ2v) is 22.2. The summed E-state index contributed by atoms with van der Waals surface area (Å²) in [6.45, 7) is 28.5. The third kappa shape index (κ3) is 9.04. The number of rotatable bonds is 10. The van der Waals surface area contributed by atoms with Gasteiger partial charge in [-0.2, -0.15) is 5.98 Å². The molecule has 0 spiro atoms. The van der Waals surface area contributed by atoms with Crippen LogP contribution in [-0.2, 0) is 18.2 Å². The molecule has 0 radical (unpaired) electrons. The summed E-state index contributed by atoms with van der Waals surface area (Å²) in [5.41, 5.74) is 0. The summed E-state index contributed by atoms with van der Waals surface area (Å²) in [5.74, 6) is 2.18. The molecule has 0 aromatic heterocycles. The summed E-state index contributed by atoms with van der Waals surface area (Å²) in [7, 11) is -3.82. The molecule has 0 N–H and O–H groups in total. The van der Waals surface area contributed by atoms with Gasteiger partial charge in [-0.05, 0) is 50.1 Å². The third-order valence-electron chi connectivity index (χ3n) is 7.80. The van der Waals surface area contributed by atoms with Gasteiger partial charge in [0.2, 0.25) is 0 Å². The molecule has 4 nitrogen and oxygen atoms in total. The molecule has 0 aliphatic carbocycles. The van der Waals surface area contributed by atoms with Gasteiger partial charge in [0.25, 0.3) is 6.55 Å². The molecule has 8 heteroatoms. The van der Waals surface area contributed by atoms with Crippen molar-refractivity contribution in [2.45, 2.75) is 136 Å². The monoisotopic (exact) mass is 478 g/mol. The molecule has 1 fully saturated rings. The molecule has 0 aromatic rings. The van der Waals surface area contributed by atoms with E-state index in [1.165, 1.54) is 0 Å². The van der Waals surface area contributed by atoms with Gasteiger partial charge < -0.3 is 18.2 Å². The van der Waals surface area contributed by atoms with Crippen LogP contribution in [0.1, 0.15) is 75.2 Å². The summed E-state index contributed by atoms with van der Waals surface area (Å²) >= 11 is 0. The van der Waals surface area contributed by atoms with Crippen molar-refractivity contribution in [3.63, 3.8) is 0 Å². The first-order valence-corrected chi connectivity index (χ1v) is 18.2. The van der Waals surface area contributed by atoms with Gasteiger partial charge in [0.05, 0.1) is 12.7 Å². The molecule has 1 heterocycles. The molecule has 1 saturated heterocycles. The quantitative estimate of drug-likeness (QED) is 0.431. The standard InChI is InChI=1S/C24H52BO4Si2.Li/c1-14-15-17-25(27-20(2)21(3)28-25)18-16-22(29-31(12,13)24(7,8)9)19-26-30(10,11)23(4,5)6;/h16,18,20-22H,14-15,17,19H2,1-13H3;/q-1;+1/b18-16+;/t20?,21?,22-,25?;/m0./s1. The molecule has 1 aliphatic heterocycles. The van der Waals surface area contributed by atoms with E-state index in [2.05, 4.69) is 101 Å². The van der Waals surface area contributed by atoms with E-state index in [0.29, 0.717) is 6.61 Å². The molecule has 0 saturated carbocycles. The van der Waals surface area contributed by atoms with Crippen LogP contribution in [0.2, 0.25) is 42.6 Å². The predicted molar refractivity (Wildman–Crippen MR) is 141 cm³/mol. The van der Waals surface area contributed by atoms with Crippen LogP contribution in [0.4, 0.5) is 0 Å². The Morgan fingerprint density at radius 1 is 0.906 bits per heavy atom. The second-order valence-electron chi connectivity index (χ2n) is 12.6. The Labute approximate surface area is 214 Å². The molecule has 1 rings (SSSR count). The van der Waals surface area contributed by atoms with Gasteiger partial charge in [0, 0.05) is 12.2 Å². The maximum absolute atomic E-state index is 6.82. The van der Waals surface area contributed by atoms with Crippen LogP contribution >= 0.6 is 0 Å². The number of unbranched alkanes of at least 4 members (excludes halogenated alkanes) is 1. The van der Waals surface area contributed by atoms with Gasteiger partial charge in [0.1, 0.15) is 0 Å². The van der Waals surface area contributed by atoms with Crippen molar-refractivity contribution in [1.29, 1.82) is 0 Å². The Hall–Kier alpha value is 0.676. The zero-order valence-corrected chi connectivity index (χ0v) is 25.9. The van der Waals surface area contributed by atoms with Crippen molar-refractivity contribution in [1.82, 2.24) is 0 Å². The van der Waals surface area contributed by atoms with E-state index in [9.17, 15) is 0 Å². The Morgan fingerprint density at radius 3 is 1.78 bits per heavy atom. The van der Waals surface area contributed by atoms with Crippen LogP contribution in [0, 0.1) is 0 Å². The van der Waals surface area contributed by atoms with Crippen molar-refractivity contribution in [2.75, 3.05) is 6.61 Å². The topological polar surface area (TPSA) is 36.9 Å². The zero-order valence-electron chi connectivity index (χ0n) is 23.9. The minimum absolute atomic E-state index is 0. The summed E-state index contributed by atoms with van der Waals surface area (Å²) in [4.78, 5) is 0. The van der Waals surface area contributed by atoms with E-state index in [-0.39, 0.29) is 47.2 Å². The van der Waals surface area contributed by atoms with Gasteiger partial charge in [0.15, 0.2) is 16.6 Å². The van der Waals surface area contributed by atoms with Crippen LogP contribution in [0.25, 0.3) is 0 Å². The summed E-state index contributed by atoms with van der Waals surface area (Å²) in [6, 6.07) is 0. The Bertz CT molecular complexity index is 590. The van der Waals surface area contributed by atoms with E-state index >= 15 is 0 Å². The van der Waals surface area contributed by atoms with Crippen molar-refractivity contribution in [3.8, 4) is 0 Å². The second kappa shape index (κ2) is 12.1. The first kappa shape index (κ1) is 32.7. The molecular formula is C24H52BLiO4Si2. The maximum Gasteiger partial charge on any atom is 1.00 e. The molecule has 2 unspecified atom stereocenters. The SMILES string of the molecule is CCCC[B-]1(/C=C/[C@@H](CO[Si](C)(C)C(C)(C)C)O[Si](C)(C)C(C)(C)C)OC(C)C(C)O1.[Li+]. The fourth-order valence-corrected chi connectivity index (χ4v) is 5.55. The summed E-state index contributed by atoms with van der Waals surface area (Å²) in [5, 5.41) is 0.317. The Kier molecular flexibility index (Phi) is 12.3. The molecular weight excluding hydrogens is 426 g/mol. The largest absolute Gasteiger partial charge is 1.00 e. The molecule has 1 aliphatic rings. The molecule has 184 valence electrons. The normalized spacial score (nSPS) is 26.4. The Morgan fingerprint density at radius 2 is 1.38 bits per heavy atom. The van der Waals surface area contributed by atoms with Crippen LogP contribution in [-0.4, -0.2) is 48.1 Å². The van der Waals surface area contributed by atoms with Crippen LogP contribution < -0.4 is 18.9 Å². The van der Waals surface area contributed by atoms with E-state index in [4.69, 9.17) is 18.2 Å². The van der Waals surface area contributed by atoms with Crippen molar-refractivity contribution in [2.24, 2.45) is 0 Å². The number of hydrogen-bond acceptors (Lipinski definition) is 4. The van der Waals surface area contributed by atoms with Gasteiger partial charge in [-0.3, -0.25) is 0 Å². The first-order chi connectivity index (χ1) is 13.9. The Balaban J connectivity index is 0.00000961. The maximum atomic E-state index is 6.82.